The Morgan fingerprint density at radius 3 is 2.37 bits per heavy atom. The number of nitrogens with one attached hydrogen (secondary N) is 2. The lowest BCUT2D eigenvalue weighted by molar-refractivity contribution is -0.154. The Morgan fingerprint density at radius 2 is 1.70 bits per heavy atom. The molecular formula is C22H19FN2O5. The molecule has 0 unspecified atom stereocenters. The molecule has 1 heterocycles. The van der Waals surface area contributed by atoms with Gasteiger partial charge in [0.15, 0.2) is 5.76 Å². The van der Waals surface area contributed by atoms with Crippen molar-refractivity contribution in [3.8, 4) is 0 Å². The maximum atomic E-state index is 13.1. The molecule has 0 bridgehead atoms. The number of ether oxygens (including phenoxy) is 1. The summed E-state index contributed by atoms with van der Waals surface area (Å²) in [5.74, 6) is -2.01. The van der Waals surface area contributed by atoms with Gasteiger partial charge in [-0.1, -0.05) is 30.3 Å². The summed E-state index contributed by atoms with van der Waals surface area (Å²) in [5.41, 5.74) is 0.842. The number of carbonyl (C=O) groups excluding carboxylic acids is 3. The zero-order valence-electron chi connectivity index (χ0n) is 15.8. The second-order valence-electron chi connectivity index (χ2n) is 6.26. The monoisotopic (exact) mass is 410 g/mol. The van der Waals surface area contributed by atoms with Gasteiger partial charge in [0.05, 0.1) is 12.7 Å². The normalized spacial score (nSPS) is 11.4. The number of carbonyl (C=O) groups is 3. The second kappa shape index (κ2) is 10.0. The van der Waals surface area contributed by atoms with Crippen LogP contribution in [0.15, 0.2) is 77.4 Å². The standard InChI is InChI=1S/C22H19FN2O5/c23-16-8-10-17(11-9-16)25-22(28)20(15-5-2-1-3-6-15)30-19(26)12-13-24-21(27)18-7-4-14-29-18/h1-11,14,20H,12-13H2,(H,24,27)(H,25,28)/t20-/m1/s1. The lowest BCUT2D eigenvalue weighted by Crippen LogP contribution is -2.29. The fourth-order valence-corrected chi connectivity index (χ4v) is 2.61. The molecule has 0 spiro atoms. The summed E-state index contributed by atoms with van der Waals surface area (Å²) >= 11 is 0. The number of hydrogen-bond donors (Lipinski definition) is 2. The lowest BCUT2D eigenvalue weighted by Gasteiger charge is -2.18. The van der Waals surface area contributed by atoms with Gasteiger partial charge in [0.2, 0.25) is 6.10 Å². The lowest BCUT2D eigenvalue weighted by atomic mass is 10.1. The smallest absolute Gasteiger partial charge is 0.308 e. The molecule has 0 saturated heterocycles. The van der Waals surface area contributed by atoms with Crippen LogP contribution < -0.4 is 10.6 Å². The third-order valence-corrected chi connectivity index (χ3v) is 4.06. The molecule has 3 rings (SSSR count). The van der Waals surface area contributed by atoms with Gasteiger partial charge in [-0.3, -0.25) is 14.4 Å². The molecule has 1 aromatic heterocycles. The predicted octanol–water partition coefficient (Wildman–Crippen LogP) is 3.46. The molecular weight excluding hydrogens is 391 g/mol. The minimum atomic E-state index is -1.20. The number of halogens is 1. The van der Waals surface area contributed by atoms with Crippen molar-refractivity contribution in [2.45, 2.75) is 12.5 Å². The molecule has 2 amide bonds. The van der Waals surface area contributed by atoms with Crippen molar-refractivity contribution in [1.82, 2.24) is 5.32 Å². The molecule has 0 aliphatic carbocycles. The Hall–Kier alpha value is -3.94. The van der Waals surface area contributed by atoms with Crippen molar-refractivity contribution in [2.24, 2.45) is 0 Å². The summed E-state index contributed by atoms with van der Waals surface area (Å²) in [6.45, 7) is 0.0134. The second-order valence-corrected chi connectivity index (χ2v) is 6.26. The third kappa shape index (κ3) is 5.78. The van der Waals surface area contributed by atoms with Crippen LogP contribution in [0.25, 0.3) is 0 Å². The molecule has 3 aromatic rings. The molecule has 2 N–H and O–H groups in total. The Labute approximate surface area is 171 Å². The van der Waals surface area contributed by atoms with Crippen molar-refractivity contribution in [3.63, 3.8) is 0 Å². The van der Waals surface area contributed by atoms with Gasteiger partial charge in [-0.05, 0) is 36.4 Å². The predicted molar refractivity (Wildman–Crippen MR) is 106 cm³/mol. The first-order valence-corrected chi connectivity index (χ1v) is 9.15. The van der Waals surface area contributed by atoms with Crippen LogP contribution in [0.5, 0.6) is 0 Å². The maximum absolute atomic E-state index is 13.1. The molecule has 0 radical (unpaired) electrons. The SMILES string of the molecule is O=C(CCNC(=O)c1ccco1)O[C@@H](C(=O)Nc1ccc(F)cc1)c1ccccc1. The van der Waals surface area contributed by atoms with E-state index in [9.17, 15) is 18.8 Å². The summed E-state index contributed by atoms with van der Waals surface area (Å²) < 4.78 is 23.4. The zero-order chi connectivity index (χ0) is 21.3. The van der Waals surface area contributed by atoms with Crippen molar-refractivity contribution in [3.05, 3.63) is 90.1 Å². The van der Waals surface area contributed by atoms with Gasteiger partial charge >= 0.3 is 5.97 Å². The molecule has 0 aliphatic heterocycles. The van der Waals surface area contributed by atoms with E-state index in [0.717, 1.165) is 0 Å². The first-order valence-electron chi connectivity index (χ1n) is 9.15. The van der Waals surface area contributed by atoms with Crippen molar-refractivity contribution >= 4 is 23.5 Å². The van der Waals surface area contributed by atoms with E-state index < -0.39 is 29.7 Å². The summed E-state index contributed by atoms with van der Waals surface area (Å²) in [6, 6.07) is 16.8. The van der Waals surface area contributed by atoms with E-state index in [1.807, 2.05) is 0 Å². The van der Waals surface area contributed by atoms with Crippen molar-refractivity contribution in [2.75, 3.05) is 11.9 Å². The van der Waals surface area contributed by atoms with Crippen LogP contribution in [0, 0.1) is 5.82 Å². The van der Waals surface area contributed by atoms with Gasteiger partial charge < -0.3 is 19.8 Å². The number of hydrogen-bond acceptors (Lipinski definition) is 5. The van der Waals surface area contributed by atoms with Crippen LogP contribution in [0.4, 0.5) is 10.1 Å². The Morgan fingerprint density at radius 1 is 0.967 bits per heavy atom. The van der Waals surface area contributed by atoms with E-state index in [-0.39, 0.29) is 18.7 Å². The van der Waals surface area contributed by atoms with Gasteiger partial charge in [0.25, 0.3) is 11.8 Å². The quantitative estimate of drug-likeness (QED) is 0.554. The molecule has 0 aliphatic rings. The first-order chi connectivity index (χ1) is 14.5. The Bertz CT molecular complexity index is 988. The summed E-state index contributed by atoms with van der Waals surface area (Å²) in [4.78, 5) is 36.8. The number of rotatable bonds is 8. The molecule has 30 heavy (non-hydrogen) atoms. The van der Waals surface area contributed by atoms with E-state index in [1.165, 1.54) is 36.6 Å². The molecule has 8 heteroatoms. The maximum Gasteiger partial charge on any atom is 0.308 e. The van der Waals surface area contributed by atoms with Crippen molar-refractivity contribution in [1.29, 1.82) is 0 Å². The van der Waals surface area contributed by atoms with Crippen LogP contribution in [0.3, 0.4) is 0 Å². The molecule has 1 atom stereocenters. The highest BCUT2D eigenvalue weighted by atomic mass is 19.1. The number of furan rings is 1. The Kier molecular flexibility index (Phi) is 6.94. The summed E-state index contributed by atoms with van der Waals surface area (Å²) in [5, 5.41) is 5.13. The average Bonchev–Trinajstić information content (AvgIpc) is 3.29. The minimum absolute atomic E-state index is 0.0134. The van der Waals surface area contributed by atoms with E-state index in [1.54, 1.807) is 36.4 Å². The number of anilines is 1. The highest BCUT2D eigenvalue weighted by molar-refractivity contribution is 5.96. The van der Waals surface area contributed by atoms with Crippen LogP contribution in [-0.2, 0) is 14.3 Å². The molecule has 154 valence electrons. The number of benzene rings is 2. The fourth-order valence-electron chi connectivity index (χ4n) is 2.61. The number of amides is 2. The molecule has 0 saturated carbocycles. The Balaban J connectivity index is 1.60. The van der Waals surface area contributed by atoms with E-state index in [2.05, 4.69) is 10.6 Å². The van der Waals surface area contributed by atoms with E-state index in [0.29, 0.717) is 11.3 Å². The molecule has 2 aromatic carbocycles. The summed E-state index contributed by atoms with van der Waals surface area (Å²) in [7, 11) is 0. The summed E-state index contributed by atoms with van der Waals surface area (Å²) in [6.07, 6.45) is 0.0250. The largest absolute Gasteiger partial charge is 0.459 e. The van der Waals surface area contributed by atoms with Gasteiger partial charge in [-0.2, -0.15) is 0 Å². The first kappa shape index (κ1) is 20.8. The van der Waals surface area contributed by atoms with Crippen LogP contribution >= 0.6 is 0 Å². The third-order valence-electron chi connectivity index (χ3n) is 4.06. The highest BCUT2D eigenvalue weighted by Crippen LogP contribution is 2.21. The van der Waals surface area contributed by atoms with Gasteiger partial charge in [-0.15, -0.1) is 0 Å². The van der Waals surface area contributed by atoms with Gasteiger partial charge in [-0.25, -0.2) is 4.39 Å². The average molecular weight is 410 g/mol. The van der Waals surface area contributed by atoms with Gasteiger partial charge in [0, 0.05) is 17.8 Å². The van der Waals surface area contributed by atoms with E-state index in [4.69, 9.17) is 9.15 Å². The topological polar surface area (TPSA) is 97.6 Å². The van der Waals surface area contributed by atoms with Crippen LogP contribution in [0.1, 0.15) is 28.6 Å². The molecule has 7 nitrogen and oxygen atoms in total. The van der Waals surface area contributed by atoms with Gasteiger partial charge in [0.1, 0.15) is 5.82 Å². The minimum Gasteiger partial charge on any atom is -0.459 e. The van der Waals surface area contributed by atoms with Crippen LogP contribution in [0.2, 0.25) is 0 Å². The van der Waals surface area contributed by atoms with Crippen LogP contribution in [-0.4, -0.2) is 24.3 Å². The highest BCUT2D eigenvalue weighted by Gasteiger charge is 2.25. The molecule has 0 fully saturated rings. The fraction of sp³-hybridized carbons (Fsp3) is 0.136. The van der Waals surface area contributed by atoms with E-state index >= 15 is 0 Å². The number of esters is 1. The zero-order valence-corrected chi connectivity index (χ0v) is 15.8. The van der Waals surface area contributed by atoms with Crippen molar-refractivity contribution < 1.29 is 27.9 Å².